The molecule has 2 aromatic rings. The van der Waals surface area contributed by atoms with E-state index in [1.54, 1.807) is 22.2 Å². The predicted octanol–water partition coefficient (Wildman–Crippen LogP) is 2.97. The maximum atomic E-state index is 12.0. The number of anilines is 1. The zero-order valence-corrected chi connectivity index (χ0v) is 11.5. The Balaban J connectivity index is 2.02. The van der Waals surface area contributed by atoms with Gasteiger partial charge in [0.15, 0.2) is 0 Å². The first-order chi connectivity index (χ1) is 8.77. The van der Waals surface area contributed by atoms with Gasteiger partial charge in [-0.15, -0.1) is 22.0 Å². The quantitative estimate of drug-likeness (QED) is 0.855. The van der Waals surface area contributed by atoms with E-state index < -0.39 is 0 Å². The number of nitrogens with zero attached hydrogens (tertiary/aromatic N) is 3. The normalized spacial score (nSPS) is 19.5. The summed E-state index contributed by atoms with van der Waals surface area (Å²) in [6.07, 6.45) is 0. The fraction of sp³-hybridized carbons (Fsp3) is 0.182. The van der Waals surface area contributed by atoms with Crippen LogP contribution in [0.15, 0.2) is 29.8 Å². The third kappa shape index (κ3) is 2.00. The van der Waals surface area contributed by atoms with Gasteiger partial charge in [-0.2, -0.15) is 0 Å². The van der Waals surface area contributed by atoms with Crippen molar-refractivity contribution in [1.82, 2.24) is 10.2 Å². The molecule has 0 aliphatic carbocycles. The Labute approximate surface area is 117 Å². The van der Waals surface area contributed by atoms with Crippen molar-refractivity contribution in [2.45, 2.75) is 5.37 Å². The zero-order chi connectivity index (χ0) is 12.5. The standard InChI is InChI=1S/C11H8ClN3OS2/c12-8-4-2-1-3-7(8)10-15(9(16)5-17-10)11-14-13-6-18-11/h1-4,6,10H,5H2. The molecule has 0 radical (unpaired) electrons. The van der Waals surface area contributed by atoms with Crippen molar-refractivity contribution in [3.8, 4) is 0 Å². The minimum atomic E-state index is -0.112. The molecule has 3 rings (SSSR count). The molecule has 1 aromatic heterocycles. The van der Waals surface area contributed by atoms with Crippen LogP contribution in [0.1, 0.15) is 10.9 Å². The summed E-state index contributed by atoms with van der Waals surface area (Å²) >= 11 is 9.10. The Hall–Kier alpha value is -1.11. The number of benzene rings is 1. The number of hydrogen-bond donors (Lipinski definition) is 0. The van der Waals surface area contributed by atoms with Crippen LogP contribution in [0.25, 0.3) is 0 Å². The van der Waals surface area contributed by atoms with Crippen LogP contribution >= 0.6 is 34.7 Å². The number of thioether (sulfide) groups is 1. The van der Waals surface area contributed by atoms with Gasteiger partial charge < -0.3 is 0 Å². The van der Waals surface area contributed by atoms with Crippen LogP contribution < -0.4 is 4.90 Å². The molecule has 0 saturated carbocycles. The molecule has 2 heterocycles. The Kier molecular flexibility index (Phi) is 3.23. The van der Waals surface area contributed by atoms with Crippen molar-refractivity contribution in [2.24, 2.45) is 0 Å². The van der Waals surface area contributed by atoms with Crippen molar-refractivity contribution in [3.63, 3.8) is 0 Å². The van der Waals surface area contributed by atoms with E-state index in [9.17, 15) is 4.79 Å². The van der Waals surface area contributed by atoms with Gasteiger partial charge in [-0.3, -0.25) is 9.69 Å². The maximum absolute atomic E-state index is 12.0. The minimum Gasteiger partial charge on any atom is -0.273 e. The summed E-state index contributed by atoms with van der Waals surface area (Å²) in [5, 5.41) is 8.93. The van der Waals surface area contributed by atoms with Gasteiger partial charge in [0.25, 0.3) is 0 Å². The van der Waals surface area contributed by atoms with E-state index in [1.807, 2.05) is 24.3 Å². The molecule has 0 spiro atoms. The van der Waals surface area contributed by atoms with Gasteiger partial charge >= 0.3 is 0 Å². The van der Waals surface area contributed by atoms with Crippen LogP contribution in [0.2, 0.25) is 5.02 Å². The number of halogens is 1. The minimum absolute atomic E-state index is 0.0432. The second kappa shape index (κ2) is 4.87. The molecular formula is C11H8ClN3OS2. The first kappa shape index (κ1) is 12.0. The molecule has 0 N–H and O–H groups in total. The van der Waals surface area contributed by atoms with E-state index in [0.717, 1.165) is 5.56 Å². The van der Waals surface area contributed by atoms with E-state index in [4.69, 9.17) is 11.6 Å². The van der Waals surface area contributed by atoms with Gasteiger partial charge in [0.05, 0.1) is 5.75 Å². The number of amides is 1. The Morgan fingerprint density at radius 2 is 2.22 bits per heavy atom. The SMILES string of the molecule is O=C1CSC(c2ccccc2Cl)N1c1nncs1. The van der Waals surface area contributed by atoms with Crippen molar-refractivity contribution in [2.75, 3.05) is 10.7 Å². The Morgan fingerprint density at radius 1 is 1.39 bits per heavy atom. The third-order valence-electron chi connectivity index (χ3n) is 2.59. The molecule has 1 unspecified atom stereocenters. The lowest BCUT2D eigenvalue weighted by Gasteiger charge is -2.21. The molecule has 1 atom stereocenters. The fourth-order valence-corrected chi connectivity index (χ4v) is 3.97. The number of carbonyl (C=O) groups is 1. The van der Waals surface area contributed by atoms with E-state index in [-0.39, 0.29) is 11.3 Å². The Morgan fingerprint density at radius 3 is 2.94 bits per heavy atom. The molecule has 1 saturated heterocycles. The second-order valence-corrected chi connectivity index (χ2v) is 5.96. The number of aromatic nitrogens is 2. The zero-order valence-electron chi connectivity index (χ0n) is 9.12. The molecule has 1 fully saturated rings. The summed E-state index contributed by atoms with van der Waals surface area (Å²) in [6.45, 7) is 0. The van der Waals surface area contributed by atoms with Gasteiger partial charge in [-0.05, 0) is 6.07 Å². The average molecular weight is 298 g/mol. The molecule has 4 nitrogen and oxygen atoms in total. The predicted molar refractivity (Wildman–Crippen MR) is 74.0 cm³/mol. The topological polar surface area (TPSA) is 46.1 Å². The van der Waals surface area contributed by atoms with E-state index in [2.05, 4.69) is 10.2 Å². The highest BCUT2D eigenvalue weighted by atomic mass is 35.5. The largest absolute Gasteiger partial charge is 0.273 e. The summed E-state index contributed by atoms with van der Waals surface area (Å²) in [5.74, 6) is 0.483. The first-order valence-corrected chi connectivity index (χ1v) is 7.52. The number of carbonyl (C=O) groups excluding carboxylic acids is 1. The van der Waals surface area contributed by atoms with Crippen LogP contribution in [0.5, 0.6) is 0 Å². The van der Waals surface area contributed by atoms with Crippen molar-refractivity contribution in [1.29, 1.82) is 0 Å². The molecular weight excluding hydrogens is 290 g/mol. The van der Waals surface area contributed by atoms with Crippen molar-refractivity contribution < 1.29 is 4.79 Å². The van der Waals surface area contributed by atoms with E-state index in [0.29, 0.717) is 15.9 Å². The molecule has 18 heavy (non-hydrogen) atoms. The lowest BCUT2D eigenvalue weighted by atomic mass is 10.2. The highest BCUT2D eigenvalue weighted by molar-refractivity contribution is 8.00. The van der Waals surface area contributed by atoms with Crippen molar-refractivity contribution >= 4 is 45.7 Å². The molecule has 1 aromatic carbocycles. The fourth-order valence-electron chi connectivity index (χ4n) is 1.81. The van der Waals surface area contributed by atoms with Gasteiger partial charge in [0.2, 0.25) is 11.0 Å². The summed E-state index contributed by atoms with van der Waals surface area (Å²) in [7, 11) is 0. The maximum Gasteiger partial charge on any atom is 0.240 e. The van der Waals surface area contributed by atoms with Crippen LogP contribution in [-0.4, -0.2) is 21.9 Å². The molecule has 1 aliphatic heterocycles. The first-order valence-electron chi connectivity index (χ1n) is 5.21. The highest BCUT2D eigenvalue weighted by Gasteiger charge is 2.36. The molecule has 0 bridgehead atoms. The number of hydrogen-bond acceptors (Lipinski definition) is 5. The van der Waals surface area contributed by atoms with Gasteiger partial charge in [0, 0.05) is 10.6 Å². The Bertz CT molecular complexity index is 575. The molecule has 1 aliphatic rings. The summed E-state index contributed by atoms with van der Waals surface area (Å²) < 4.78 is 0. The monoisotopic (exact) mass is 297 g/mol. The summed E-state index contributed by atoms with van der Waals surface area (Å²) in [6, 6.07) is 7.57. The smallest absolute Gasteiger partial charge is 0.240 e. The van der Waals surface area contributed by atoms with Crippen LogP contribution in [0, 0.1) is 0 Å². The molecule has 7 heteroatoms. The lowest BCUT2D eigenvalue weighted by Crippen LogP contribution is -2.27. The van der Waals surface area contributed by atoms with Gasteiger partial charge in [-0.25, -0.2) is 0 Å². The van der Waals surface area contributed by atoms with E-state index >= 15 is 0 Å². The van der Waals surface area contributed by atoms with Gasteiger partial charge in [0.1, 0.15) is 10.9 Å². The summed E-state index contributed by atoms with van der Waals surface area (Å²) in [4.78, 5) is 13.6. The summed E-state index contributed by atoms with van der Waals surface area (Å²) in [5.41, 5.74) is 2.56. The second-order valence-electron chi connectivity index (χ2n) is 3.67. The van der Waals surface area contributed by atoms with Crippen LogP contribution in [0.3, 0.4) is 0 Å². The molecule has 1 amide bonds. The molecule has 92 valence electrons. The number of rotatable bonds is 2. The van der Waals surface area contributed by atoms with Crippen LogP contribution in [-0.2, 0) is 4.79 Å². The van der Waals surface area contributed by atoms with Crippen LogP contribution in [0.4, 0.5) is 5.13 Å². The van der Waals surface area contributed by atoms with E-state index in [1.165, 1.54) is 11.3 Å². The van der Waals surface area contributed by atoms with Gasteiger partial charge in [-0.1, -0.05) is 41.1 Å². The average Bonchev–Trinajstić information content (AvgIpc) is 2.98. The highest BCUT2D eigenvalue weighted by Crippen LogP contribution is 2.44. The lowest BCUT2D eigenvalue weighted by molar-refractivity contribution is -0.115. The van der Waals surface area contributed by atoms with Crippen molar-refractivity contribution in [3.05, 3.63) is 40.4 Å². The third-order valence-corrected chi connectivity index (χ3v) is 4.82.